The van der Waals surface area contributed by atoms with Crippen LogP contribution in [0.2, 0.25) is 0 Å². The molecule has 1 N–H and O–H groups in total. The summed E-state index contributed by atoms with van der Waals surface area (Å²) < 4.78 is 0. The van der Waals surface area contributed by atoms with Gasteiger partial charge in [-0.2, -0.15) is 0 Å². The van der Waals surface area contributed by atoms with Crippen LogP contribution < -0.4 is 5.32 Å². The third kappa shape index (κ3) is 3.36. The Hall–Kier alpha value is -0.240. The van der Waals surface area contributed by atoms with Gasteiger partial charge in [-0.3, -0.25) is 4.99 Å². The first-order valence-corrected chi connectivity index (χ1v) is 3.14. The monoisotopic (exact) mass is 148 g/mol. The second kappa shape index (κ2) is 4.62. The van der Waals surface area contributed by atoms with Crippen molar-refractivity contribution in [1.82, 2.24) is 5.32 Å². The van der Waals surface area contributed by atoms with E-state index in [1.807, 2.05) is 6.92 Å². The summed E-state index contributed by atoms with van der Waals surface area (Å²) in [5.41, 5.74) is 0. The van der Waals surface area contributed by atoms with Crippen LogP contribution in [0.5, 0.6) is 0 Å². The number of nitrogens with zero attached hydrogens (tertiary/aromatic N) is 1. The molecule has 9 heavy (non-hydrogen) atoms. The van der Waals surface area contributed by atoms with E-state index in [0.29, 0.717) is 0 Å². The van der Waals surface area contributed by atoms with Crippen LogP contribution in [0.15, 0.2) is 4.99 Å². The second-order valence-electron chi connectivity index (χ2n) is 2.10. The molecule has 2 nitrogen and oxygen atoms in total. The van der Waals surface area contributed by atoms with Gasteiger partial charge in [0.1, 0.15) is 0 Å². The van der Waals surface area contributed by atoms with E-state index in [2.05, 4.69) is 10.3 Å². The molecule has 0 saturated carbocycles. The molecule has 0 aliphatic carbocycles. The maximum atomic E-state index is 4.23. The highest BCUT2D eigenvalue weighted by molar-refractivity contribution is 5.85. The number of aliphatic imine (C=N–C) groups is 1. The van der Waals surface area contributed by atoms with Gasteiger partial charge < -0.3 is 5.32 Å². The highest BCUT2D eigenvalue weighted by Crippen LogP contribution is 1.92. The average Bonchev–Trinajstić information content (AvgIpc) is 1.94. The van der Waals surface area contributed by atoms with E-state index in [1.165, 1.54) is 12.8 Å². The van der Waals surface area contributed by atoms with E-state index in [9.17, 15) is 0 Å². The summed E-state index contributed by atoms with van der Waals surface area (Å²) in [6, 6.07) is 0. The zero-order chi connectivity index (χ0) is 5.82. The van der Waals surface area contributed by atoms with E-state index in [4.69, 9.17) is 0 Å². The zero-order valence-electron chi connectivity index (χ0n) is 5.68. The second-order valence-corrected chi connectivity index (χ2v) is 2.10. The van der Waals surface area contributed by atoms with Crippen LogP contribution in [0.25, 0.3) is 0 Å². The molecule has 0 atom stereocenters. The highest BCUT2D eigenvalue weighted by Gasteiger charge is 1.94. The predicted molar refractivity (Wildman–Crippen MR) is 42.5 cm³/mol. The van der Waals surface area contributed by atoms with E-state index in [-0.39, 0.29) is 12.4 Å². The quantitative estimate of drug-likeness (QED) is 0.549. The standard InChI is InChI=1S/C6H12N2.ClH/c1-6-7-4-2-3-5-8-6;/h2-5H2,1H3,(H,7,8);1H. The molecule has 3 heteroatoms. The van der Waals surface area contributed by atoms with Crippen LogP contribution in [0, 0.1) is 0 Å². The molecule has 0 amide bonds. The van der Waals surface area contributed by atoms with E-state index in [1.54, 1.807) is 0 Å². The van der Waals surface area contributed by atoms with Crippen molar-refractivity contribution < 1.29 is 0 Å². The molecular weight excluding hydrogens is 136 g/mol. The van der Waals surface area contributed by atoms with Crippen molar-refractivity contribution in [2.75, 3.05) is 13.1 Å². The van der Waals surface area contributed by atoms with Crippen molar-refractivity contribution in [2.45, 2.75) is 19.8 Å². The molecule has 54 valence electrons. The van der Waals surface area contributed by atoms with Crippen LogP contribution in [-0.2, 0) is 0 Å². The minimum absolute atomic E-state index is 0. The van der Waals surface area contributed by atoms with Gasteiger partial charge >= 0.3 is 0 Å². The fourth-order valence-corrected chi connectivity index (χ4v) is 0.809. The van der Waals surface area contributed by atoms with Gasteiger partial charge in [-0.05, 0) is 19.8 Å². The molecule has 0 radical (unpaired) electrons. The van der Waals surface area contributed by atoms with Crippen molar-refractivity contribution in [2.24, 2.45) is 4.99 Å². The van der Waals surface area contributed by atoms with E-state index < -0.39 is 0 Å². The summed E-state index contributed by atoms with van der Waals surface area (Å²) in [7, 11) is 0. The number of halogens is 1. The van der Waals surface area contributed by atoms with Crippen molar-refractivity contribution in [1.29, 1.82) is 0 Å². The molecule has 0 aromatic rings. The van der Waals surface area contributed by atoms with Crippen LogP contribution in [0.1, 0.15) is 19.8 Å². The van der Waals surface area contributed by atoms with Crippen molar-refractivity contribution in [3.63, 3.8) is 0 Å². The summed E-state index contributed by atoms with van der Waals surface area (Å²) in [4.78, 5) is 4.23. The van der Waals surface area contributed by atoms with Gasteiger partial charge in [-0.15, -0.1) is 12.4 Å². The molecule has 0 aromatic heterocycles. The van der Waals surface area contributed by atoms with E-state index in [0.717, 1.165) is 18.9 Å². The molecule has 1 aliphatic heterocycles. The number of nitrogens with one attached hydrogen (secondary N) is 1. The van der Waals surface area contributed by atoms with Gasteiger partial charge in [0, 0.05) is 13.1 Å². The Morgan fingerprint density at radius 2 is 2.22 bits per heavy atom. The van der Waals surface area contributed by atoms with Gasteiger partial charge in [-0.25, -0.2) is 0 Å². The molecule has 0 fully saturated rings. The van der Waals surface area contributed by atoms with Gasteiger partial charge in [-0.1, -0.05) is 0 Å². The molecular formula is C6H13ClN2. The lowest BCUT2D eigenvalue weighted by Crippen LogP contribution is -2.19. The molecule has 1 heterocycles. The number of rotatable bonds is 0. The lowest BCUT2D eigenvalue weighted by Gasteiger charge is -1.96. The van der Waals surface area contributed by atoms with Crippen molar-refractivity contribution >= 4 is 18.2 Å². The Morgan fingerprint density at radius 3 is 3.00 bits per heavy atom. The molecule has 0 bridgehead atoms. The Bertz CT molecular complexity index is 101. The molecule has 0 unspecified atom stereocenters. The lowest BCUT2D eigenvalue weighted by atomic mass is 10.3. The van der Waals surface area contributed by atoms with Crippen LogP contribution >= 0.6 is 12.4 Å². The maximum absolute atomic E-state index is 4.23. The minimum Gasteiger partial charge on any atom is -0.374 e. The SMILES string of the molecule is CC1=NCCCCN1.Cl. The van der Waals surface area contributed by atoms with Crippen LogP contribution in [-0.4, -0.2) is 18.9 Å². The number of hydrogen-bond acceptors (Lipinski definition) is 2. The highest BCUT2D eigenvalue weighted by atomic mass is 35.5. The number of hydrogen-bond donors (Lipinski definition) is 1. The zero-order valence-corrected chi connectivity index (χ0v) is 6.50. The Kier molecular flexibility index (Phi) is 4.50. The van der Waals surface area contributed by atoms with Gasteiger partial charge in [0.05, 0.1) is 5.84 Å². The minimum atomic E-state index is 0. The molecule has 0 spiro atoms. The summed E-state index contributed by atoms with van der Waals surface area (Å²) in [5.74, 6) is 1.10. The van der Waals surface area contributed by atoms with Crippen LogP contribution in [0.3, 0.4) is 0 Å². The molecule has 1 aliphatic rings. The van der Waals surface area contributed by atoms with Gasteiger partial charge in [0.25, 0.3) is 0 Å². The Morgan fingerprint density at radius 1 is 1.44 bits per heavy atom. The van der Waals surface area contributed by atoms with Gasteiger partial charge in [0.2, 0.25) is 0 Å². The number of amidine groups is 1. The summed E-state index contributed by atoms with van der Waals surface area (Å²) in [5, 5.41) is 3.19. The largest absolute Gasteiger partial charge is 0.374 e. The summed E-state index contributed by atoms with van der Waals surface area (Å²) in [6.07, 6.45) is 2.51. The Balaban J connectivity index is 0.000000640. The lowest BCUT2D eigenvalue weighted by molar-refractivity contribution is 0.749. The van der Waals surface area contributed by atoms with Gasteiger partial charge in [0.15, 0.2) is 0 Å². The predicted octanol–water partition coefficient (Wildman–Crippen LogP) is 1.21. The summed E-state index contributed by atoms with van der Waals surface area (Å²) in [6.45, 7) is 4.14. The first-order valence-electron chi connectivity index (χ1n) is 3.14. The molecule has 0 saturated heterocycles. The fraction of sp³-hybridized carbons (Fsp3) is 0.833. The fourth-order valence-electron chi connectivity index (χ4n) is 0.809. The van der Waals surface area contributed by atoms with Crippen molar-refractivity contribution in [3.05, 3.63) is 0 Å². The topological polar surface area (TPSA) is 24.4 Å². The molecule has 1 rings (SSSR count). The first kappa shape index (κ1) is 8.76. The van der Waals surface area contributed by atoms with E-state index >= 15 is 0 Å². The summed E-state index contributed by atoms with van der Waals surface area (Å²) >= 11 is 0. The normalized spacial score (nSPS) is 18.6. The van der Waals surface area contributed by atoms with Crippen molar-refractivity contribution in [3.8, 4) is 0 Å². The maximum Gasteiger partial charge on any atom is 0.0931 e. The smallest absolute Gasteiger partial charge is 0.0931 e. The van der Waals surface area contributed by atoms with Crippen LogP contribution in [0.4, 0.5) is 0 Å². The third-order valence-electron chi connectivity index (χ3n) is 1.31. The molecule has 0 aromatic carbocycles. The average molecular weight is 149 g/mol. The third-order valence-corrected chi connectivity index (χ3v) is 1.31. The first-order chi connectivity index (χ1) is 3.89. The Labute approximate surface area is 62.2 Å².